The van der Waals surface area contributed by atoms with E-state index in [1.165, 1.54) is 0 Å². The first kappa shape index (κ1) is 13.2. The van der Waals surface area contributed by atoms with E-state index < -0.39 is 0 Å². The number of rotatable bonds is 4. The molecule has 0 spiro atoms. The van der Waals surface area contributed by atoms with Gasteiger partial charge in [0.1, 0.15) is 23.3 Å². The lowest BCUT2D eigenvalue weighted by Gasteiger charge is -2.09. The van der Waals surface area contributed by atoms with Crippen molar-refractivity contribution in [2.45, 2.75) is 13.2 Å². The minimum absolute atomic E-state index is 0.0467. The first-order chi connectivity index (χ1) is 8.61. The SMILES string of the molecule is Cn1c(Cl)cnc1COc1ccc(CO)cc1Cl. The molecule has 0 unspecified atom stereocenters. The van der Waals surface area contributed by atoms with E-state index >= 15 is 0 Å². The second kappa shape index (κ2) is 5.61. The molecule has 0 aliphatic heterocycles. The highest BCUT2D eigenvalue weighted by Gasteiger charge is 2.07. The molecule has 0 bridgehead atoms. The fourth-order valence-corrected chi connectivity index (χ4v) is 1.86. The van der Waals surface area contributed by atoms with E-state index in [0.29, 0.717) is 21.7 Å². The number of nitrogens with zero attached hydrogens (tertiary/aromatic N) is 2. The summed E-state index contributed by atoms with van der Waals surface area (Å²) in [5.74, 6) is 1.26. The third kappa shape index (κ3) is 2.77. The van der Waals surface area contributed by atoms with Crippen molar-refractivity contribution < 1.29 is 9.84 Å². The lowest BCUT2D eigenvalue weighted by atomic mass is 10.2. The number of aliphatic hydroxyl groups is 1. The monoisotopic (exact) mass is 286 g/mol. The summed E-state index contributed by atoms with van der Waals surface area (Å²) in [6, 6.07) is 5.15. The molecule has 1 aromatic carbocycles. The molecule has 0 aliphatic rings. The molecule has 6 heteroatoms. The van der Waals surface area contributed by atoms with Gasteiger partial charge in [-0.1, -0.05) is 29.3 Å². The third-order valence-corrected chi connectivity index (χ3v) is 3.21. The van der Waals surface area contributed by atoms with E-state index in [2.05, 4.69) is 4.98 Å². The van der Waals surface area contributed by atoms with Gasteiger partial charge >= 0.3 is 0 Å². The summed E-state index contributed by atoms with van der Waals surface area (Å²) in [4.78, 5) is 4.12. The maximum atomic E-state index is 8.97. The van der Waals surface area contributed by atoms with Gasteiger partial charge in [0.15, 0.2) is 0 Å². The summed E-state index contributed by atoms with van der Waals surface area (Å²) in [5, 5.41) is 9.98. The van der Waals surface area contributed by atoms with Gasteiger partial charge in [0.05, 0.1) is 17.8 Å². The highest BCUT2D eigenvalue weighted by Crippen LogP contribution is 2.26. The number of halogens is 2. The molecule has 1 aromatic heterocycles. The Balaban J connectivity index is 2.08. The van der Waals surface area contributed by atoms with Gasteiger partial charge in [0.2, 0.25) is 0 Å². The van der Waals surface area contributed by atoms with Crippen LogP contribution in [0.25, 0.3) is 0 Å². The average Bonchev–Trinajstić information content (AvgIpc) is 2.68. The van der Waals surface area contributed by atoms with Gasteiger partial charge in [0, 0.05) is 7.05 Å². The van der Waals surface area contributed by atoms with E-state index in [0.717, 1.165) is 5.56 Å². The maximum absolute atomic E-state index is 8.97. The predicted molar refractivity (Wildman–Crippen MR) is 69.9 cm³/mol. The first-order valence-corrected chi connectivity index (χ1v) is 6.05. The Labute approximate surface area is 115 Å². The summed E-state index contributed by atoms with van der Waals surface area (Å²) in [6.45, 7) is 0.233. The fourth-order valence-electron chi connectivity index (χ4n) is 1.46. The molecule has 2 aromatic rings. The number of benzene rings is 1. The predicted octanol–water partition coefficient (Wildman–Crippen LogP) is 2.80. The van der Waals surface area contributed by atoms with Crippen molar-refractivity contribution in [2.24, 2.45) is 7.05 Å². The van der Waals surface area contributed by atoms with Crippen LogP contribution < -0.4 is 4.74 Å². The van der Waals surface area contributed by atoms with Crippen LogP contribution in [0.15, 0.2) is 24.4 Å². The van der Waals surface area contributed by atoms with Crippen LogP contribution in [0.5, 0.6) is 5.75 Å². The molecule has 2 rings (SSSR count). The normalized spacial score (nSPS) is 10.7. The third-order valence-electron chi connectivity index (χ3n) is 2.56. The second-order valence-corrected chi connectivity index (χ2v) is 4.56. The molecule has 0 fully saturated rings. The zero-order valence-corrected chi connectivity index (χ0v) is 11.2. The van der Waals surface area contributed by atoms with Crippen molar-refractivity contribution in [1.82, 2.24) is 9.55 Å². The van der Waals surface area contributed by atoms with Gasteiger partial charge in [0.25, 0.3) is 0 Å². The zero-order chi connectivity index (χ0) is 13.1. The molecule has 1 N–H and O–H groups in total. The van der Waals surface area contributed by atoms with Crippen LogP contribution in [0, 0.1) is 0 Å². The molecule has 0 saturated heterocycles. The fraction of sp³-hybridized carbons (Fsp3) is 0.250. The summed E-state index contributed by atoms with van der Waals surface area (Å²) in [6.07, 6.45) is 1.57. The number of hydrogen-bond acceptors (Lipinski definition) is 3. The molecule has 96 valence electrons. The van der Waals surface area contributed by atoms with Crippen LogP contribution in [0.3, 0.4) is 0 Å². The maximum Gasteiger partial charge on any atom is 0.147 e. The van der Waals surface area contributed by atoms with Crippen molar-refractivity contribution in [3.05, 3.63) is 46.0 Å². The van der Waals surface area contributed by atoms with E-state index in [4.69, 9.17) is 33.0 Å². The van der Waals surface area contributed by atoms with Gasteiger partial charge in [-0.2, -0.15) is 0 Å². The van der Waals surface area contributed by atoms with Crippen LogP contribution in [-0.4, -0.2) is 14.7 Å². The van der Waals surface area contributed by atoms with E-state index in [1.54, 1.807) is 29.0 Å². The van der Waals surface area contributed by atoms with E-state index in [-0.39, 0.29) is 13.2 Å². The average molecular weight is 287 g/mol. The molecule has 0 radical (unpaired) electrons. The Morgan fingerprint density at radius 3 is 2.72 bits per heavy atom. The van der Waals surface area contributed by atoms with Gasteiger partial charge in [-0.3, -0.25) is 0 Å². The molecule has 0 aliphatic carbocycles. The molecule has 18 heavy (non-hydrogen) atoms. The van der Waals surface area contributed by atoms with Crippen molar-refractivity contribution in [3.8, 4) is 5.75 Å². The van der Waals surface area contributed by atoms with Crippen LogP contribution in [0.2, 0.25) is 10.2 Å². The topological polar surface area (TPSA) is 47.3 Å². The Morgan fingerprint density at radius 1 is 1.39 bits per heavy atom. The lowest BCUT2D eigenvalue weighted by Crippen LogP contribution is -2.04. The highest BCUT2D eigenvalue weighted by molar-refractivity contribution is 6.32. The van der Waals surface area contributed by atoms with Gasteiger partial charge in [-0.05, 0) is 17.7 Å². The van der Waals surface area contributed by atoms with Crippen LogP contribution >= 0.6 is 23.2 Å². The summed E-state index contributed by atoms with van der Waals surface area (Å²) in [5.41, 5.74) is 0.743. The standard InChI is InChI=1S/C12H12Cl2N2O2/c1-16-11(14)5-15-12(16)7-18-10-3-2-8(6-17)4-9(10)13/h2-5,17H,6-7H2,1H3. The zero-order valence-electron chi connectivity index (χ0n) is 9.73. The first-order valence-electron chi connectivity index (χ1n) is 5.30. The largest absolute Gasteiger partial charge is 0.484 e. The Kier molecular flexibility index (Phi) is 4.11. The summed E-state index contributed by atoms with van der Waals surface area (Å²) in [7, 11) is 1.81. The van der Waals surface area contributed by atoms with Crippen molar-refractivity contribution in [1.29, 1.82) is 0 Å². The van der Waals surface area contributed by atoms with Crippen LogP contribution in [0.1, 0.15) is 11.4 Å². The smallest absolute Gasteiger partial charge is 0.147 e. The quantitative estimate of drug-likeness (QED) is 0.940. The molecular formula is C12H12Cl2N2O2. The van der Waals surface area contributed by atoms with E-state index in [1.807, 2.05) is 7.05 Å². The van der Waals surface area contributed by atoms with Gasteiger partial charge < -0.3 is 14.4 Å². The second-order valence-electron chi connectivity index (χ2n) is 3.77. The molecule has 4 nitrogen and oxygen atoms in total. The van der Waals surface area contributed by atoms with Crippen molar-refractivity contribution >= 4 is 23.2 Å². The van der Waals surface area contributed by atoms with Gasteiger partial charge in [-0.25, -0.2) is 4.98 Å². The molecule has 0 atom stereocenters. The number of ether oxygens (including phenoxy) is 1. The number of hydrogen-bond donors (Lipinski definition) is 1. The lowest BCUT2D eigenvalue weighted by molar-refractivity contribution is 0.279. The number of imidazole rings is 1. The Hall–Kier alpha value is -1.23. The van der Waals surface area contributed by atoms with Gasteiger partial charge in [-0.15, -0.1) is 0 Å². The molecule has 1 heterocycles. The Bertz CT molecular complexity index is 555. The molecular weight excluding hydrogens is 275 g/mol. The highest BCUT2D eigenvalue weighted by atomic mass is 35.5. The van der Waals surface area contributed by atoms with E-state index in [9.17, 15) is 0 Å². The minimum Gasteiger partial charge on any atom is -0.484 e. The van der Waals surface area contributed by atoms with Crippen LogP contribution in [-0.2, 0) is 20.3 Å². The van der Waals surface area contributed by atoms with Crippen molar-refractivity contribution in [3.63, 3.8) is 0 Å². The summed E-state index contributed by atoms with van der Waals surface area (Å²) >= 11 is 11.9. The van der Waals surface area contributed by atoms with Crippen molar-refractivity contribution in [2.75, 3.05) is 0 Å². The number of aromatic nitrogens is 2. The minimum atomic E-state index is -0.0467. The molecule has 0 amide bonds. The number of aliphatic hydroxyl groups excluding tert-OH is 1. The molecule has 0 saturated carbocycles. The summed E-state index contributed by atoms with van der Waals surface area (Å²) < 4.78 is 7.29. The van der Waals surface area contributed by atoms with Crippen LogP contribution in [0.4, 0.5) is 0 Å². The Morgan fingerprint density at radius 2 is 2.17 bits per heavy atom.